The van der Waals surface area contributed by atoms with Crippen LogP contribution in [0, 0.1) is 10.1 Å². The lowest BCUT2D eigenvalue weighted by Crippen LogP contribution is -2.19. The number of thioether (sulfide) groups is 1. The summed E-state index contributed by atoms with van der Waals surface area (Å²) in [4.78, 5) is 10.5. The predicted octanol–water partition coefficient (Wildman–Crippen LogP) is 2.90. The highest BCUT2D eigenvalue weighted by Gasteiger charge is 2.23. The van der Waals surface area contributed by atoms with Crippen LogP contribution in [0.5, 0.6) is 0 Å². The molecule has 1 aliphatic rings. The summed E-state index contributed by atoms with van der Waals surface area (Å²) < 4.78 is 0. The first kappa shape index (κ1) is 11.3. The molecule has 2 rings (SSSR count). The molecular weight excluding hydrogens is 224 g/mol. The van der Waals surface area contributed by atoms with Crippen LogP contribution in [0.2, 0.25) is 0 Å². The van der Waals surface area contributed by atoms with Crippen LogP contribution in [0.4, 0.5) is 11.4 Å². The number of nitrogens with one attached hydrogen (secondary N) is 1. The molecule has 0 amide bonds. The first-order valence-electron chi connectivity index (χ1n) is 5.28. The molecule has 16 heavy (non-hydrogen) atoms. The zero-order valence-corrected chi connectivity index (χ0v) is 9.87. The van der Waals surface area contributed by atoms with Gasteiger partial charge in [0.25, 0.3) is 5.69 Å². The minimum Gasteiger partial charge on any atom is -0.376 e. The maximum absolute atomic E-state index is 10.8. The van der Waals surface area contributed by atoms with E-state index in [4.69, 9.17) is 0 Å². The van der Waals surface area contributed by atoms with Gasteiger partial charge >= 0.3 is 0 Å². The van der Waals surface area contributed by atoms with Gasteiger partial charge < -0.3 is 5.32 Å². The summed E-state index contributed by atoms with van der Waals surface area (Å²) in [6, 6.07) is 7.16. The second-order valence-corrected chi connectivity index (χ2v) is 5.47. The molecule has 1 aromatic carbocycles. The van der Waals surface area contributed by atoms with Crippen LogP contribution >= 0.6 is 11.8 Å². The summed E-state index contributed by atoms with van der Waals surface area (Å²) in [7, 11) is 0. The molecule has 0 spiro atoms. The lowest BCUT2D eigenvalue weighted by molar-refractivity contribution is -0.384. The molecule has 1 N–H and O–H groups in total. The number of hydrogen-bond donors (Lipinski definition) is 1. The summed E-state index contributed by atoms with van der Waals surface area (Å²) >= 11 is 1.91. The summed E-state index contributed by atoms with van der Waals surface area (Å²) in [6.45, 7) is 2.19. The zero-order chi connectivity index (χ0) is 11.5. The molecule has 1 saturated heterocycles. The van der Waals surface area contributed by atoms with Crippen molar-refractivity contribution in [2.24, 2.45) is 0 Å². The number of anilines is 1. The van der Waals surface area contributed by atoms with Gasteiger partial charge in [0.05, 0.1) is 4.92 Å². The standard InChI is InChI=1S/C11H14N2O2S/c1-8-6-9(7-16-8)12-10-4-2-3-5-11(10)13(14)15/h2-5,8-9,12H,6-7H2,1H3. The number of nitro benzene ring substituents is 1. The topological polar surface area (TPSA) is 55.2 Å². The third-order valence-corrected chi connectivity index (χ3v) is 4.02. The molecule has 0 saturated carbocycles. The Hall–Kier alpha value is -1.23. The van der Waals surface area contributed by atoms with Crippen LogP contribution in [0.25, 0.3) is 0 Å². The fraction of sp³-hybridized carbons (Fsp3) is 0.455. The van der Waals surface area contributed by atoms with Crippen molar-refractivity contribution in [3.8, 4) is 0 Å². The van der Waals surface area contributed by atoms with E-state index in [1.165, 1.54) is 6.07 Å². The first-order valence-corrected chi connectivity index (χ1v) is 6.33. The van der Waals surface area contributed by atoms with Gasteiger partial charge in [0.1, 0.15) is 5.69 Å². The van der Waals surface area contributed by atoms with Gasteiger partial charge in [-0.05, 0) is 12.5 Å². The molecule has 5 heteroatoms. The van der Waals surface area contributed by atoms with E-state index in [-0.39, 0.29) is 10.6 Å². The Morgan fingerprint density at radius 1 is 1.50 bits per heavy atom. The van der Waals surface area contributed by atoms with E-state index >= 15 is 0 Å². The molecule has 1 heterocycles. The molecule has 1 aromatic rings. The molecule has 0 bridgehead atoms. The van der Waals surface area contributed by atoms with Crippen molar-refractivity contribution in [1.82, 2.24) is 0 Å². The number of para-hydroxylation sites is 2. The van der Waals surface area contributed by atoms with Crippen LogP contribution < -0.4 is 5.32 Å². The molecule has 0 aliphatic carbocycles. The van der Waals surface area contributed by atoms with Gasteiger partial charge in [-0.2, -0.15) is 11.8 Å². The molecule has 0 aromatic heterocycles. The Kier molecular flexibility index (Phi) is 3.33. The highest BCUT2D eigenvalue weighted by atomic mass is 32.2. The smallest absolute Gasteiger partial charge is 0.292 e. The van der Waals surface area contributed by atoms with Gasteiger partial charge in [-0.15, -0.1) is 0 Å². The lowest BCUT2D eigenvalue weighted by atomic mass is 10.2. The van der Waals surface area contributed by atoms with E-state index in [1.54, 1.807) is 12.1 Å². The fourth-order valence-corrected chi connectivity index (χ4v) is 3.04. The van der Waals surface area contributed by atoms with Crippen molar-refractivity contribution >= 4 is 23.1 Å². The third kappa shape index (κ3) is 2.47. The van der Waals surface area contributed by atoms with E-state index in [9.17, 15) is 10.1 Å². The lowest BCUT2D eigenvalue weighted by Gasteiger charge is -2.12. The van der Waals surface area contributed by atoms with Gasteiger partial charge in [0, 0.05) is 23.1 Å². The van der Waals surface area contributed by atoms with E-state index < -0.39 is 0 Å². The van der Waals surface area contributed by atoms with Crippen molar-refractivity contribution < 1.29 is 4.92 Å². The van der Waals surface area contributed by atoms with Crippen molar-refractivity contribution in [3.63, 3.8) is 0 Å². The Bertz CT molecular complexity index is 397. The van der Waals surface area contributed by atoms with Crippen LogP contribution in [0.3, 0.4) is 0 Å². The summed E-state index contributed by atoms with van der Waals surface area (Å²) in [5.74, 6) is 1.02. The summed E-state index contributed by atoms with van der Waals surface area (Å²) in [5.41, 5.74) is 0.791. The SMILES string of the molecule is CC1CC(Nc2ccccc2[N+](=O)[O-])CS1. The Morgan fingerprint density at radius 2 is 2.25 bits per heavy atom. The van der Waals surface area contributed by atoms with Gasteiger partial charge in [-0.25, -0.2) is 0 Å². The Balaban J connectivity index is 2.12. The van der Waals surface area contributed by atoms with Crippen molar-refractivity contribution in [2.75, 3.05) is 11.1 Å². The second kappa shape index (κ2) is 4.74. The molecule has 86 valence electrons. The monoisotopic (exact) mass is 238 g/mol. The maximum atomic E-state index is 10.8. The number of rotatable bonds is 3. The third-order valence-electron chi connectivity index (χ3n) is 2.66. The largest absolute Gasteiger partial charge is 0.376 e. The van der Waals surface area contributed by atoms with E-state index in [1.807, 2.05) is 17.8 Å². The number of nitrogens with zero attached hydrogens (tertiary/aromatic N) is 1. The number of nitro groups is 1. The van der Waals surface area contributed by atoms with Gasteiger partial charge in [-0.3, -0.25) is 10.1 Å². The minimum absolute atomic E-state index is 0.159. The van der Waals surface area contributed by atoms with Crippen LogP contribution in [-0.4, -0.2) is 22.0 Å². The summed E-state index contributed by atoms with van der Waals surface area (Å²) in [6.07, 6.45) is 1.07. The quantitative estimate of drug-likeness (QED) is 0.650. The normalized spacial score (nSPS) is 24.3. The summed E-state index contributed by atoms with van der Waals surface area (Å²) in [5, 5.41) is 14.7. The van der Waals surface area contributed by atoms with Gasteiger partial charge in [0.15, 0.2) is 0 Å². The zero-order valence-electron chi connectivity index (χ0n) is 9.05. The Labute approximate surface area is 98.6 Å². The van der Waals surface area contributed by atoms with Crippen molar-refractivity contribution in [3.05, 3.63) is 34.4 Å². The van der Waals surface area contributed by atoms with Crippen LogP contribution in [0.15, 0.2) is 24.3 Å². The molecule has 2 unspecified atom stereocenters. The molecule has 4 nitrogen and oxygen atoms in total. The fourth-order valence-electron chi connectivity index (χ4n) is 1.89. The van der Waals surface area contributed by atoms with E-state index in [0.717, 1.165) is 12.2 Å². The average molecular weight is 238 g/mol. The highest BCUT2D eigenvalue weighted by molar-refractivity contribution is 8.00. The average Bonchev–Trinajstić information content (AvgIpc) is 2.64. The predicted molar refractivity (Wildman–Crippen MR) is 67.0 cm³/mol. The maximum Gasteiger partial charge on any atom is 0.292 e. The van der Waals surface area contributed by atoms with E-state index in [0.29, 0.717) is 17.0 Å². The van der Waals surface area contributed by atoms with Crippen molar-refractivity contribution in [1.29, 1.82) is 0 Å². The molecular formula is C11H14N2O2S. The molecule has 1 aliphatic heterocycles. The highest BCUT2D eigenvalue weighted by Crippen LogP contribution is 2.31. The number of hydrogen-bond acceptors (Lipinski definition) is 4. The molecule has 1 fully saturated rings. The van der Waals surface area contributed by atoms with Gasteiger partial charge in [-0.1, -0.05) is 19.1 Å². The van der Waals surface area contributed by atoms with Crippen molar-refractivity contribution in [2.45, 2.75) is 24.6 Å². The Morgan fingerprint density at radius 3 is 2.88 bits per heavy atom. The van der Waals surface area contributed by atoms with Gasteiger partial charge in [0.2, 0.25) is 0 Å². The minimum atomic E-state index is -0.339. The first-order chi connectivity index (χ1) is 7.66. The van der Waals surface area contributed by atoms with Crippen LogP contribution in [0.1, 0.15) is 13.3 Å². The second-order valence-electron chi connectivity index (χ2n) is 4.00. The van der Waals surface area contributed by atoms with E-state index in [2.05, 4.69) is 12.2 Å². The molecule has 0 radical (unpaired) electrons. The number of benzene rings is 1. The molecule has 2 atom stereocenters. The van der Waals surface area contributed by atoms with Crippen LogP contribution in [-0.2, 0) is 0 Å².